The number of aromatic amines is 1. The number of amides is 1. The summed E-state index contributed by atoms with van der Waals surface area (Å²) in [5, 5.41) is 10.0. The largest absolute Gasteiger partial charge is 0.490 e. The van der Waals surface area contributed by atoms with Crippen molar-refractivity contribution in [2.75, 3.05) is 6.54 Å². The van der Waals surface area contributed by atoms with Crippen molar-refractivity contribution in [2.24, 2.45) is 0 Å². The Morgan fingerprint density at radius 3 is 2.50 bits per heavy atom. The summed E-state index contributed by atoms with van der Waals surface area (Å²) in [6.45, 7) is 5.09. The van der Waals surface area contributed by atoms with Gasteiger partial charge in [0.05, 0.1) is 11.3 Å². The Morgan fingerprint density at radius 2 is 1.85 bits per heavy atom. The van der Waals surface area contributed by atoms with Crippen LogP contribution >= 0.6 is 0 Å². The number of carboxylic acids is 1. The van der Waals surface area contributed by atoms with Crippen molar-refractivity contribution >= 4 is 24.0 Å². The number of nitrogens with one attached hydrogen (secondary N) is 2. The summed E-state index contributed by atoms with van der Waals surface area (Å²) in [7, 11) is 0. The molecule has 1 aliphatic rings. The monoisotopic (exact) mass is 471 g/mol. The predicted molar refractivity (Wildman–Crippen MR) is 123 cm³/mol. The van der Waals surface area contributed by atoms with E-state index in [1.165, 1.54) is 11.1 Å². The van der Waals surface area contributed by atoms with Crippen LogP contribution in [-0.4, -0.2) is 39.7 Å². The molecule has 1 aromatic carbocycles. The van der Waals surface area contributed by atoms with E-state index in [2.05, 4.69) is 59.5 Å². The Kier molecular flexibility index (Phi) is 7.55. The lowest BCUT2D eigenvalue weighted by Gasteiger charge is -2.10. The summed E-state index contributed by atoms with van der Waals surface area (Å²) in [6.07, 6.45) is 1.73. The lowest BCUT2D eigenvalue weighted by molar-refractivity contribution is -0.192. The second kappa shape index (κ2) is 10.4. The van der Waals surface area contributed by atoms with Gasteiger partial charge in [0.1, 0.15) is 0 Å². The van der Waals surface area contributed by atoms with Gasteiger partial charge in [-0.05, 0) is 41.3 Å². The molecule has 6 nitrogen and oxygen atoms in total. The summed E-state index contributed by atoms with van der Waals surface area (Å²) in [6, 6.07) is 14.4. The molecule has 0 fully saturated rings. The fourth-order valence-electron chi connectivity index (χ4n) is 3.52. The summed E-state index contributed by atoms with van der Waals surface area (Å²) in [4.78, 5) is 28.7. The van der Waals surface area contributed by atoms with Crippen LogP contribution in [0, 0.1) is 0 Å². The third-order valence-corrected chi connectivity index (χ3v) is 5.19. The van der Waals surface area contributed by atoms with Crippen LogP contribution < -0.4 is 5.32 Å². The zero-order chi connectivity index (χ0) is 24.9. The zero-order valence-corrected chi connectivity index (χ0v) is 18.6. The normalized spacial score (nSPS) is 13.3. The van der Waals surface area contributed by atoms with Crippen molar-refractivity contribution in [3.63, 3.8) is 0 Å². The molecule has 0 spiro atoms. The molecule has 0 radical (unpaired) electrons. The SMILES string of the molecule is CC(C)c1ccccc1/C=C/c1cc(-c2cc3c([nH]2)CCNC3=O)ccn1.O=C(O)C(F)(F)F. The minimum atomic E-state index is -5.08. The molecule has 0 atom stereocenters. The topological polar surface area (TPSA) is 95.1 Å². The number of nitrogens with zero attached hydrogens (tertiary/aromatic N) is 1. The fourth-order valence-corrected chi connectivity index (χ4v) is 3.52. The number of carbonyl (C=O) groups excluding carboxylic acids is 1. The van der Waals surface area contributed by atoms with Gasteiger partial charge in [-0.25, -0.2) is 4.79 Å². The number of alkyl halides is 3. The van der Waals surface area contributed by atoms with Gasteiger partial charge in [0, 0.05) is 36.1 Å². The van der Waals surface area contributed by atoms with Crippen LogP contribution in [0.15, 0.2) is 48.7 Å². The number of benzene rings is 1. The molecule has 4 rings (SSSR count). The van der Waals surface area contributed by atoms with Crippen LogP contribution in [0.1, 0.15) is 52.6 Å². The molecule has 9 heteroatoms. The summed E-state index contributed by atoms with van der Waals surface area (Å²) >= 11 is 0. The van der Waals surface area contributed by atoms with Crippen molar-refractivity contribution in [3.05, 3.63) is 76.7 Å². The van der Waals surface area contributed by atoms with Gasteiger partial charge >= 0.3 is 12.1 Å². The molecule has 178 valence electrons. The molecule has 0 saturated heterocycles. The first-order chi connectivity index (χ1) is 16.1. The van der Waals surface area contributed by atoms with Crippen molar-refractivity contribution < 1.29 is 27.9 Å². The quantitative estimate of drug-likeness (QED) is 0.482. The number of rotatable bonds is 4. The maximum absolute atomic E-state index is 12.0. The maximum Gasteiger partial charge on any atom is 0.490 e. The molecular formula is C25H24F3N3O3. The van der Waals surface area contributed by atoms with E-state index < -0.39 is 12.1 Å². The van der Waals surface area contributed by atoms with E-state index in [1.807, 2.05) is 30.5 Å². The molecule has 0 aliphatic carbocycles. The summed E-state index contributed by atoms with van der Waals surface area (Å²) in [5.74, 6) is -2.28. The van der Waals surface area contributed by atoms with Crippen molar-refractivity contribution in [1.29, 1.82) is 0 Å². The number of halogens is 3. The third-order valence-electron chi connectivity index (χ3n) is 5.19. The molecule has 3 aromatic rings. The number of fused-ring (bicyclic) bond motifs is 1. The van der Waals surface area contributed by atoms with Gasteiger partial charge in [-0.3, -0.25) is 9.78 Å². The van der Waals surface area contributed by atoms with Crippen LogP contribution in [0.2, 0.25) is 0 Å². The first-order valence-corrected chi connectivity index (χ1v) is 10.6. The lowest BCUT2D eigenvalue weighted by Crippen LogP contribution is -2.31. The fraction of sp³-hybridized carbons (Fsp3) is 0.240. The van der Waals surface area contributed by atoms with Gasteiger partial charge < -0.3 is 15.4 Å². The number of carbonyl (C=O) groups is 2. The minimum absolute atomic E-state index is 0.00165. The van der Waals surface area contributed by atoms with Gasteiger partial charge in [0.2, 0.25) is 0 Å². The van der Waals surface area contributed by atoms with Crippen molar-refractivity contribution in [2.45, 2.75) is 32.4 Å². The van der Waals surface area contributed by atoms with Gasteiger partial charge in [-0.2, -0.15) is 13.2 Å². The number of aromatic nitrogens is 2. The number of hydrogen-bond acceptors (Lipinski definition) is 3. The summed E-state index contributed by atoms with van der Waals surface area (Å²) in [5.41, 5.74) is 7.17. The highest BCUT2D eigenvalue weighted by molar-refractivity contribution is 5.97. The Morgan fingerprint density at radius 1 is 1.15 bits per heavy atom. The van der Waals surface area contributed by atoms with Crippen LogP contribution in [0.3, 0.4) is 0 Å². The lowest BCUT2D eigenvalue weighted by atomic mass is 9.97. The van der Waals surface area contributed by atoms with E-state index in [4.69, 9.17) is 9.90 Å². The van der Waals surface area contributed by atoms with E-state index >= 15 is 0 Å². The van der Waals surface area contributed by atoms with Crippen LogP contribution in [0.25, 0.3) is 23.4 Å². The highest BCUT2D eigenvalue weighted by Crippen LogP contribution is 2.25. The van der Waals surface area contributed by atoms with Gasteiger partial charge in [-0.1, -0.05) is 44.2 Å². The van der Waals surface area contributed by atoms with Crippen molar-refractivity contribution in [3.8, 4) is 11.3 Å². The first kappa shape index (κ1) is 24.8. The Balaban J connectivity index is 0.000000406. The van der Waals surface area contributed by atoms with Gasteiger partial charge in [0.25, 0.3) is 5.91 Å². The third kappa shape index (κ3) is 6.12. The summed E-state index contributed by atoms with van der Waals surface area (Å²) < 4.78 is 31.7. The van der Waals surface area contributed by atoms with Crippen molar-refractivity contribution in [1.82, 2.24) is 15.3 Å². The molecule has 1 amide bonds. The van der Waals surface area contributed by atoms with Crippen LogP contribution in [0.5, 0.6) is 0 Å². The van der Waals surface area contributed by atoms with E-state index in [1.54, 1.807) is 0 Å². The highest BCUT2D eigenvalue weighted by atomic mass is 19.4. The average molecular weight is 471 g/mol. The smallest absolute Gasteiger partial charge is 0.475 e. The number of hydrogen-bond donors (Lipinski definition) is 3. The Hall–Kier alpha value is -3.88. The molecule has 0 saturated carbocycles. The maximum atomic E-state index is 12.0. The first-order valence-electron chi connectivity index (χ1n) is 10.6. The minimum Gasteiger partial charge on any atom is -0.475 e. The number of pyridine rings is 1. The highest BCUT2D eigenvalue weighted by Gasteiger charge is 2.38. The standard InChI is InChI=1S/C23H23N3O.C2HF3O2/c1-15(2)19-6-4-3-5-16(19)7-8-18-13-17(9-11-24-18)22-14-20-21(26-22)10-12-25-23(20)27;3-2(4,5)1(6)7/h3-9,11,13-15,26H,10,12H2,1-2H3,(H,25,27);(H,6,7)/b8-7+;. The molecule has 0 bridgehead atoms. The van der Waals surface area contributed by atoms with E-state index in [9.17, 15) is 18.0 Å². The van der Waals surface area contributed by atoms with E-state index in [0.717, 1.165) is 34.6 Å². The number of H-pyrrole nitrogens is 1. The number of aliphatic carboxylic acids is 1. The van der Waals surface area contributed by atoms with E-state index in [0.29, 0.717) is 12.5 Å². The van der Waals surface area contributed by atoms with Gasteiger partial charge in [-0.15, -0.1) is 0 Å². The molecule has 3 heterocycles. The second-order valence-electron chi connectivity index (χ2n) is 7.97. The molecule has 0 unspecified atom stereocenters. The Labute approximate surface area is 194 Å². The Bertz CT molecular complexity index is 1210. The molecule has 2 aromatic heterocycles. The van der Waals surface area contributed by atoms with Gasteiger partial charge in [0.15, 0.2) is 0 Å². The molecule has 1 aliphatic heterocycles. The van der Waals surface area contributed by atoms with E-state index in [-0.39, 0.29) is 5.91 Å². The zero-order valence-electron chi connectivity index (χ0n) is 18.6. The average Bonchev–Trinajstić information content (AvgIpc) is 3.24. The second-order valence-corrected chi connectivity index (χ2v) is 7.97. The van der Waals surface area contributed by atoms with Crippen LogP contribution in [0.4, 0.5) is 13.2 Å². The predicted octanol–water partition coefficient (Wildman–Crippen LogP) is 5.29. The molecule has 3 N–H and O–H groups in total. The van der Waals surface area contributed by atoms with Crippen LogP contribution in [-0.2, 0) is 11.2 Å². The molecule has 34 heavy (non-hydrogen) atoms. The molecular weight excluding hydrogens is 447 g/mol. The number of carboxylic acid groups (broad SMARTS) is 1.